The topological polar surface area (TPSA) is 173 Å². The summed E-state index contributed by atoms with van der Waals surface area (Å²) in [5.74, 6) is -0.236. The normalized spacial score (nSPS) is 12.7. The van der Waals surface area contributed by atoms with E-state index in [-0.39, 0.29) is 45.8 Å². The molecule has 0 saturated heterocycles. The summed E-state index contributed by atoms with van der Waals surface area (Å²) in [7, 11) is 1.52. The summed E-state index contributed by atoms with van der Waals surface area (Å²) in [5.41, 5.74) is 3.84. The second kappa shape index (κ2) is 13.7. The SMILES string of the molecule is COc1c(C)c2c(c(O)c1C/C=C(\C)CCC(=O)NCCCCNc1ccc([N+](=O)[O-])c3[nH]c4ccccc4c(=O)c13)C(=O)OC2. The number of unbranched alkanes of at least 4 members (excludes halogenated alkanes) is 1. The number of nitro groups is 1. The summed E-state index contributed by atoms with van der Waals surface area (Å²) in [5, 5.41) is 29.3. The van der Waals surface area contributed by atoms with Gasteiger partial charge in [0.1, 0.15) is 29.2 Å². The zero-order valence-electron chi connectivity index (χ0n) is 26.0. The lowest BCUT2D eigenvalue weighted by Gasteiger charge is -2.15. The molecule has 1 aliphatic rings. The number of rotatable bonds is 13. The van der Waals surface area contributed by atoms with Gasteiger partial charge in [-0.05, 0) is 63.3 Å². The third-order valence-electron chi connectivity index (χ3n) is 8.33. The number of cyclic esters (lactones) is 1. The zero-order chi connectivity index (χ0) is 33.0. The Bertz CT molecular complexity index is 1950. The molecule has 5 rings (SSSR count). The van der Waals surface area contributed by atoms with E-state index in [0.717, 1.165) is 11.1 Å². The summed E-state index contributed by atoms with van der Waals surface area (Å²) >= 11 is 0. The van der Waals surface area contributed by atoms with Crippen molar-refractivity contribution in [3.8, 4) is 11.5 Å². The Morgan fingerprint density at radius 1 is 1.15 bits per heavy atom. The van der Waals surface area contributed by atoms with Crippen LogP contribution in [-0.2, 0) is 22.6 Å². The second-order valence-electron chi connectivity index (χ2n) is 11.3. The van der Waals surface area contributed by atoms with Crippen molar-refractivity contribution < 1.29 is 29.1 Å². The number of phenolic OH excluding ortho intramolecular Hbond substituents is 1. The van der Waals surface area contributed by atoms with Gasteiger partial charge in [0.2, 0.25) is 5.91 Å². The van der Waals surface area contributed by atoms with Crippen LogP contribution >= 0.6 is 0 Å². The molecule has 1 aromatic heterocycles. The highest BCUT2D eigenvalue weighted by Gasteiger charge is 2.32. The van der Waals surface area contributed by atoms with E-state index in [1.54, 1.807) is 30.3 Å². The smallest absolute Gasteiger partial charge is 0.342 e. The number of allylic oxidation sites excluding steroid dienone is 2. The Balaban J connectivity index is 1.10. The molecule has 0 spiro atoms. The Morgan fingerprint density at radius 2 is 1.91 bits per heavy atom. The van der Waals surface area contributed by atoms with Crippen LogP contribution in [0.4, 0.5) is 11.4 Å². The molecule has 0 radical (unpaired) electrons. The van der Waals surface area contributed by atoms with Crippen molar-refractivity contribution in [3.63, 3.8) is 0 Å². The van der Waals surface area contributed by atoms with Gasteiger partial charge >= 0.3 is 5.97 Å². The van der Waals surface area contributed by atoms with E-state index < -0.39 is 10.9 Å². The number of pyridine rings is 1. The number of hydrogen-bond donors (Lipinski definition) is 4. The fourth-order valence-electron chi connectivity index (χ4n) is 5.82. The molecule has 0 fully saturated rings. The molecule has 4 aromatic rings. The Hall–Kier alpha value is -5.39. The third-order valence-corrected chi connectivity index (χ3v) is 8.33. The predicted molar refractivity (Wildman–Crippen MR) is 175 cm³/mol. The molecule has 2 heterocycles. The molecule has 0 unspecified atom stereocenters. The number of nitrogens with zero attached hydrogens (tertiary/aromatic N) is 1. The maximum Gasteiger partial charge on any atom is 0.342 e. The summed E-state index contributed by atoms with van der Waals surface area (Å²) in [6, 6.07) is 9.85. The average molecular weight is 629 g/mol. The van der Waals surface area contributed by atoms with Crippen molar-refractivity contribution in [1.29, 1.82) is 0 Å². The van der Waals surface area contributed by atoms with Gasteiger partial charge < -0.3 is 30.2 Å². The first kappa shape index (κ1) is 32.0. The van der Waals surface area contributed by atoms with Gasteiger partial charge in [0.05, 0.1) is 17.4 Å². The molecule has 12 heteroatoms. The van der Waals surface area contributed by atoms with Gasteiger partial charge in [-0.25, -0.2) is 4.79 Å². The van der Waals surface area contributed by atoms with Crippen LogP contribution in [0.15, 0.2) is 52.8 Å². The number of benzene rings is 3. The van der Waals surface area contributed by atoms with Crippen molar-refractivity contribution in [3.05, 3.63) is 90.6 Å². The first-order valence-electron chi connectivity index (χ1n) is 15.1. The molecule has 0 atom stereocenters. The van der Waals surface area contributed by atoms with Gasteiger partial charge in [-0.3, -0.25) is 19.7 Å². The number of aromatic amines is 1. The summed E-state index contributed by atoms with van der Waals surface area (Å²) in [4.78, 5) is 52.0. The highest BCUT2D eigenvalue weighted by atomic mass is 16.6. The summed E-state index contributed by atoms with van der Waals surface area (Å²) in [6.07, 6.45) is 4.46. The molecule has 4 N–H and O–H groups in total. The number of non-ortho nitro benzene ring substituents is 1. The van der Waals surface area contributed by atoms with E-state index >= 15 is 0 Å². The number of anilines is 1. The van der Waals surface area contributed by atoms with Crippen LogP contribution in [0.3, 0.4) is 0 Å². The minimum Gasteiger partial charge on any atom is -0.507 e. The number of esters is 1. The summed E-state index contributed by atoms with van der Waals surface area (Å²) in [6.45, 7) is 4.84. The number of amides is 1. The van der Waals surface area contributed by atoms with Crippen molar-refractivity contribution in [2.45, 2.75) is 52.6 Å². The number of phenols is 1. The van der Waals surface area contributed by atoms with E-state index in [0.29, 0.717) is 78.7 Å². The zero-order valence-corrected chi connectivity index (χ0v) is 26.0. The van der Waals surface area contributed by atoms with E-state index in [1.165, 1.54) is 13.2 Å². The number of methoxy groups -OCH3 is 1. The molecule has 3 aromatic carbocycles. The number of aromatic hydroxyl groups is 1. The number of hydrogen-bond acceptors (Lipinski definition) is 9. The number of H-pyrrole nitrogens is 1. The lowest BCUT2D eigenvalue weighted by Crippen LogP contribution is -2.24. The number of nitro benzene ring substituents is 1. The van der Waals surface area contributed by atoms with Crippen LogP contribution in [0.5, 0.6) is 11.5 Å². The van der Waals surface area contributed by atoms with E-state index in [4.69, 9.17) is 9.47 Å². The van der Waals surface area contributed by atoms with Crippen LogP contribution in [-0.4, -0.2) is 47.1 Å². The quantitative estimate of drug-likeness (QED) is 0.0369. The molecule has 240 valence electrons. The lowest BCUT2D eigenvalue weighted by molar-refractivity contribution is -0.383. The minimum atomic E-state index is -0.545. The van der Waals surface area contributed by atoms with Crippen LogP contribution in [0, 0.1) is 17.0 Å². The highest BCUT2D eigenvalue weighted by molar-refractivity contribution is 6.03. The molecular formula is C34H36N4O8. The van der Waals surface area contributed by atoms with E-state index in [9.17, 15) is 29.6 Å². The van der Waals surface area contributed by atoms with Crippen molar-refractivity contribution in [2.75, 3.05) is 25.5 Å². The number of ether oxygens (including phenoxy) is 2. The van der Waals surface area contributed by atoms with E-state index in [1.807, 2.05) is 19.9 Å². The monoisotopic (exact) mass is 628 g/mol. The second-order valence-corrected chi connectivity index (χ2v) is 11.3. The van der Waals surface area contributed by atoms with Crippen molar-refractivity contribution >= 4 is 45.1 Å². The van der Waals surface area contributed by atoms with Crippen LogP contribution in [0.1, 0.15) is 59.7 Å². The number of carbonyl (C=O) groups is 2. The number of nitrogens with one attached hydrogen (secondary N) is 3. The minimum absolute atomic E-state index is 0.0861. The average Bonchev–Trinajstić information content (AvgIpc) is 3.44. The highest BCUT2D eigenvalue weighted by Crippen LogP contribution is 2.42. The molecule has 0 bridgehead atoms. The number of fused-ring (bicyclic) bond motifs is 3. The summed E-state index contributed by atoms with van der Waals surface area (Å²) < 4.78 is 10.6. The predicted octanol–water partition coefficient (Wildman–Crippen LogP) is 5.56. The van der Waals surface area contributed by atoms with Gasteiger partial charge in [0, 0.05) is 53.3 Å². The van der Waals surface area contributed by atoms with Gasteiger partial charge in [0.15, 0.2) is 5.43 Å². The van der Waals surface area contributed by atoms with Crippen LogP contribution in [0.2, 0.25) is 0 Å². The Morgan fingerprint density at radius 3 is 2.67 bits per heavy atom. The van der Waals surface area contributed by atoms with Crippen LogP contribution in [0.25, 0.3) is 21.8 Å². The van der Waals surface area contributed by atoms with Gasteiger partial charge in [0.25, 0.3) is 5.69 Å². The van der Waals surface area contributed by atoms with Gasteiger partial charge in [-0.15, -0.1) is 0 Å². The van der Waals surface area contributed by atoms with Crippen LogP contribution < -0.4 is 20.8 Å². The first-order valence-corrected chi connectivity index (χ1v) is 15.1. The molecule has 12 nitrogen and oxygen atoms in total. The van der Waals surface area contributed by atoms with Crippen molar-refractivity contribution in [1.82, 2.24) is 10.3 Å². The standard InChI is InChI=1S/C34H36N4O8/c1-19(10-12-22-32(41)28-23(18-46-34(28)42)20(2)33(22)45-3)11-15-27(39)36-17-7-6-16-35-25-13-14-26(38(43)44)30-29(25)31(40)21-8-4-5-9-24(21)37-30/h4-5,8-10,13-14,35,41H,6-7,11-12,15-18H2,1-3H3,(H,36,39)(H,37,40)/b19-10+. The largest absolute Gasteiger partial charge is 0.507 e. The third kappa shape index (κ3) is 6.37. The molecule has 1 aliphatic heterocycles. The lowest BCUT2D eigenvalue weighted by atomic mass is 9.94. The fourth-order valence-corrected chi connectivity index (χ4v) is 5.82. The number of para-hydroxylation sites is 1. The maximum atomic E-state index is 13.3. The molecule has 0 saturated carbocycles. The van der Waals surface area contributed by atoms with Gasteiger partial charge in [-0.1, -0.05) is 23.8 Å². The molecule has 0 aliphatic carbocycles. The number of carbonyl (C=O) groups excluding carboxylic acids is 2. The Kier molecular flexibility index (Phi) is 9.55. The van der Waals surface area contributed by atoms with E-state index in [2.05, 4.69) is 15.6 Å². The number of aromatic nitrogens is 1. The Labute approximate surface area is 264 Å². The molecule has 1 amide bonds. The molecule has 46 heavy (non-hydrogen) atoms. The molecular weight excluding hydrogens is 592 g/mol. The first-order chi connectivity index (χ1) is 22.1. The fraction of sp³-hybridized carbons (Fsp3) is 0.324. The van der Waals surface area contributed by atoms with Gasteiger partial charge in [-0.2, -0.15) is 0 Å². The van der Waals surface area contributed by atoms with Crippen molar-refractivity contribution in [2.24, 2.45) is 0 Å². The maximum absolute atomic E-state index is 13.3.